The van der Waals surface area contributed by atoms with Gasteiger partial charge in [0.2, 0.25) is 0 Å². The second-order valence-electron chi connectivity index (χ2n) is 25.7. The molecule has 0 amide bonds. The summed E-state index contributed by atoms with van der Waals surface area (Å²) in [5.74, 6) is -1.62. The zero-order chi connectivity index (χ0) is 73.7. The fourth-order valence-corrected chi connectivity index (χ4v) is 11.7. The van der Waals surface area contributed by atoms with Crippen LogP contribution in [0.2, 0.25) is 0 Å². The molecule has 16 nitrogen and oxygen atoms in total. The molecule has 0 bridgehead atoms. The molecule has 0 saturated carbocycles. The van der Waals surface area contributed by atoms with Crippen molar-refractivity contribution in [3.05, 3.63) is 146 Å². The van der Waals surface area contributed by atoms with Crippen LogP contribution < -0.4 is 0 Å². The van der Waals surface area contributed by atoms with Gasteiger partial charge in [-0.3, -0.25) is 32.5 Å². The summed E-state index contributed by atoms with van der Waals surface area (Å²) < 4.78 is 61.1. The Labute approximate surface area is 613 Å². The minimum atomic E-state index is -4.94. The molecule has 0 radical (unpaired) electrons. The smallest absolute Gasteiger partial charge is 0.463 e. The standard InChI is InChI=1S/C83H140O16P2/c1-4-7-10-13-16-19-22-25-28-30-32-34-36-37-38-39-41-43-44-46-49-51-54-57-60-63-66-69-81(86)93-72-78(84)73-95-100(89,90)96-74-79(85)75-97-101(91,92)98-77-80(99-83(88)71-68-65-62-59-56-53-48-27-24-21-18-15-12-9-6-3)76-94-82(87)70-67-64-61-58-55-52-50-47-45-42-40-35-33-31-29-26-23-20-17-14-11-8-5-2/h7-8,10-11,16-17,19-20,25-29,32-35,37-38,42,45,48,50,52,78-80,84-85H,4-6,9,12-15,18,21-24,30-31,36,39-41,43-44,46-47,49,51,53-77H2,1-3H3,(H,89,90)(H,91,92)/b10-7-,11-8-,19-16-,20-17-,28-25-,29-26-,34-32-,35-33-,38-37-,45-42-,48-27-,52-50-. The molecular formula is C83H140O16P2. The van der Waals surface area contributed by atoms with E-state index in [0.717, 1.165) is 161 Å². The summed E-state index contributed by atoms with van der Waals surface area (Å²) in [6.07, 6.45) is 91.7. The first-order valence-corrected chi connectivity index (χ1v) is 42.1. The minimum absolute atomic E-state index is 0.0852. The van der Waals surface area contributed by atoms with Gasteiger partial charge >= 0.3 is 33.6 Å². The number of unbranched alkanes of at least 4 members (excludes halogenated alkanes) is 26. The van der Waals surface area contributed by atoms with Crippen molar-refractivity contribution in [2.45, 2.75) is 322 Å². The molecule has 0 aliphatic rings. The predicted molar refractivity (Wildman–Crippen MR) is 417 cm³/mol. The minimum Gasteiger partial charge on any atom is -0.463 e. The third kappa shape index (κ3) is 76.4. The van der Waals surface area contributed by atoms with Gasteiger partial charge in [0.15, 0.2) is 6.10 Å². The molecule has 0 aromatic carbocycles. The van der Waals surface area contributed by atoms with Crippen LogP contribution in [0.25, 0.3) is 0 Å². The molecule has 0 saturated heterocycles. The van der Waals surface area contributed by atoms with E-state index in [1.807, 2.05) is 0 Å². The fraction of sp³-hybridized carbons (Fsp3) is 0.675. The number of carbonyl (C=O) groups is 3. The van der Waals surface area contributed by atoms with Crippen LogP contribution in [0, 0.1) is 0 Å². The Balaban J connectivity index is 4.61. The number of esters is 3. The lowest BCUT2D eigenvalue weighted by Crippen LogP contribution is -2.30. The molecule has 101 heavy (non-hydrogen) atoms. The molecule has 18 heteroatoms. The van der Waals surface area contributed by atoms with E-state index in [2.05, 4.69) is 167 Å². The average molecular weight is 1460 g/mol. The van der Waals surface area contributed by atoms with Crippen molar-refractivity contribution in [1.82, 2.24) is 0 Å². The summed E-state index contributed by atoms with van der Waals surface area (Å²) in [6, 6.07) is 0. The topological polar surface area (TPSA) is 231 Å². The largest absolute Gasteiger partial charge is 0.472 e. The number of rotatable bonds is 73. The van der Waals surface area contributed by atoms with E-state index >= 15 is 0 Å². The van der Waals surface area contributed by atoms with Gasteiger partial charge in [0.1, 0.15) is 25.4 Å². The number of aliphatic hydroxyl groups is 2. The Morgan fingerprint density at radius 3 is 0.842 bits per heavy atom. The Kier molecular flexibility index (Phi) is 71.7. The van der Waals surface area contributed by atoms with Crippen LogP contribution in [0.1, 0.15) is 303 Å². The van der Waals surface area contributed by atoms with E-state index in [-0.39, 0.29) is 19.3 Å². The van der Waals surface area contributed by atoms with Gasteiger partial charge in [0.25, 0.3) is 0 Å². The van der Waals surface area contributed by atoms with Gasteiger partial charge < -0.3 is 34.2 Å². The fourth-order valence-electron chi connectivity index (χ4n) is 10.1. The molecule has 0 aliphatic carbocycles. The first-order chi connectivity index (χ1) is 49.2. The summed E-state index contributed by atoms with van der Waals surface area (Å²) in [6.45, 7) is 2.41. The van der Waals surface area contributed by atoms with Crippen molar-refractivity contribution >= 4 is 33.6 Å². The molecular weight excluding hydrogens is 1310 g/mol. The van der Waals surface area contributed by atoms with Crippen molar-refractivity contribution in [1.29, 1.82) is 0 Å². The molecule has 5 atom stereocenters. The number of phosphoric acid groups is 2. The maximum Gasteiger partial charge on any atom is 0.472 e. The van der Waals surface area contributed by atoms with Crippen molar-refractivity contribution in [2.24, 2.45) is 0 Å². The molecule has 0 aliphatic heterocycles. The molecule has 5 unspecified atom stereocenters. The lowest BCUT2D eigenvalue weighted by atomic mass is 10.0. The highest BCUT2D eigenvalue weighted by atomic mass is 31.2. The molecule has 0 aromatic heterocycles. The van der Waals surface area contributed by atoms with Crippen LogP contribution in [0.5, 0.6) is 0 Å². The third-order valence-corrected chi connectivity index (χ3v) is 17.9. The zero-order valence-corrected chi connectivity index (χ0v) is 64.8. The highest BCUT2D eigenvalue weighted by Crippen LogP contribution is 2.45. The number of hydrogen-bond acceptors (Lipinski definition) is 14. The van der Waals surface area contributed by atoms with E-state index < -0.39 is 91.5 Å². The van der Waals surface area contributed by atoms with Gasteiger partial charge in [-0.2, -0.15) is 0 Å². The quantitative estimate of drug-likeness (QED) is 0.0146. The Hall–Kier alpha value is -4.57. The van der Waals surface area contributed by atoms with Crippen molar-refractivity contribution in [3.8, 4) is 0 Å². The summed E-state index contributed by atoms with van der Waals surface area (Å²) in [5, 5.41) is 20.6. The Morgan fingerprint density at radius 2 is 0.525 bits per heavy atom. The first kappa shape index (κ1) is 96.4. The van der Waals surface area contributed by atoms with Gasteiger partial charge in [0, 0.05) is 19.3 Å². The van der Waals surface area contributed by atoms with Crippen LogP contribution in [0.3, 0.4) is 0 Å². The summed E-state index contributed by atoms with van der Waals surface area (Å²) >= 11 is 0. The molecule has 0 rings (SSSR count). The number of aliphatic hydroxyl groups excluding tert-OH is 2. The highest BCUT2D eigenvalue weighted by molar-refractivity contribution is 7.47. The van der Waals surface area contributed by atoms with Crippen LogP contribution in [-0.4, -0.2) is 95.9 Å². The van der Waals surface area contributed by atoms with E-state index in [1.54, 1.807) is 0 Å². The highest BCUT2D eigenvalue weighted by Gasteiger charge is 2.29. The first-order valence-electron chi connectivity index (χ1n) is 39.1. The van der Waals surface area contributed by atoms with Gasteiger partial charge in [-0.25, -0.2) is 9.13 Å². The molecule has 578 valence electrons. The lowest BCUT2D eigenvalue weighted by Gasteiger charge is -2.21. The van der Waals surface area contributed by atoms with Crippen LogP contribution in [-0.2, 0) is 55.8 Å². The van der Waals surface area contributed by atoms with Gasteiger partial charge in [-0.15, -0.1) is 0 Å². The number of ether oxygens (including phenoxy) is 3. The number of allylic oxidation sites excluding steroid dienone is 24. The van der Waals surface area contributed by atoms with Crippen molar-refractivity contribution in [3.63, 3.8) is 0 Å². The van der Waals surface area contributed by atoms with Crippen molar-refractivity contribution in [2.75, 3.05) is 39.6 Å². The Morgan fingerprint density at radius 1 is 0.287 bits per heavy atom. The van der Waals surface area contributed by atoms with Crippen molar-refractivity contribution < 1.29 is 75.8 Å². The van der Waals surface area contributed by atoms with Crippen LogP contribution in [0.15, 0.2) is 146 Å². The van der Waals surface area contributed by atoms with Crippen LogP contribution in [0.4, 0.5) is 0 Å². The van der Waals surface area contributed by atoms with E-state index in [0.29, 0.717) is 19.3 Å². The molecule has 0 fully saturated rings. The SMILES string of the molecule is CC/C=C\C/C=C\C/C=C\C/C=C\C/C=C\C/C=C\CCCCCCC(=O)OCC(COP(=O)(O)OCC(O)COP(=O)(O)OCC(O)COC(=O)CCCCCCCCCCCCC/C=C\C/C=C\C/C=C\C/C=C\C/C=C\CC)OC(=O)CCCCCCC/C=C\CCCCCCCC. The summed E-state index contributed by atoms with van der Waals surface area (Å²) in [5.41, 5.74) is 0. The number of phosphoric ester groups is 2. The zero-order valence-electron chi connectivity index (χ0n) is 63.0. The van der Waals surface area contributed by atoms with Gasteiger partial charge in [-0.05, 0) is 141 Å². The molecule has 0 aromatic rings. The van der Waals surface area contributed by atoms with Gasteiger partial charge in [0.05, 0.1) is 26.4 Å². The number of carbonyl (C=O) groups excluding carboxylic acids is 3. The predicted octanol–water partition coefficient (Wildman–Crippen LogP) is 22.9. The average Bonchev–Trinajstić information content (AvgIpc) is 0.944. The van der Waals surface area contributed by atoms with E-state index in [9.17, 15) is 43.5 Å². The lowest BCUT2D eigenvalue weighted by molar-refractivity contribution is -0.161. The van der Waals surface area contributed by atoms with Gasteiger partial charge in [-0.1, -0.05) is 289 Å². The molecule has 0 spiro atoms. The van der Waals surface area contributed by atoms with Crippen LogP contribution >= 0.6 is 15.6 Å². The summed E-state index contributed by atoms with van der Waals surface area (Å²) in [7, 11) is -9.80. The monoisotopic (exact) mass is 1450 g/mol. The normalized spacial score (nSPS) is 14.8. The van der Waals surface area contributed by atoms with E-state index in [4.69, 9.17) is 32.3 Å². The molecule has 0 heterocycles. The second kappa shape index (κ2) is 75.1. The second-order valence-corrected chi connectivity index (χ2v) is 28.7. The third-order valence-electron chi connectivity index (χ3n) is 16.0. The maximum absolute atomic E-state index is 13.0. The van der Waals surface area contributed by atoms with E-state index in [1.165, 1.54) is 83.5 Å². The molecule has 4 N–H and O–H groups in total. The maximum atomic E-state index is 13.0. The number of hydrogen-bond donors (Lipinski definition) is 4. The Bertz CT molecular complexity index is 2420. The summed E-state index contributed by atoms with van der Waals surface area (Å²) in [4.78, 5) is 58.6.